The van der Waals surface area contributed by atoms with Crippen molar-refractivity contribution in [2.75, 3.05) is 5.32 Å². The third-order valence-corrected chi connectivity index (χ3v) is 3.46. The van der Waals surface area contributed by atoms with E-state index in [4.69, 9.17) is 23.2 Å². The van der Waals surface area contributed by atoms with E-state index in [0.29, 0.717) is 16.6 Å². The molecule has 0 aliphatic rings. The molecule has 2 aromatic carbocycles. The molecule has 0 atom stereocenters. The number of halogens is 2. The second-order valence-electron chi connectivity index (χ2n) is 4.54. The van der Waals surface area contributed by atoms with E-state index >= 15 is 0 Å². The van der Waals surface area contributed by atoms with Crippen molar-refractivity contribution in [3.05, 3.63) is 70.3 Å². The van der Waals surface area contributed by atoms with E-state index < -0.39 is 0 Å². The maximum absolute atomic E-state index is 5.98. The van der Waals surface area contributed by atoms with Gasteiger partial charge in [0.2, 0.25) is 0 Å². The van der Waals surface area contributed by atoms with Crippen molar-refractivity contribution in [2.24, 2.45) is 0 Å². The van der Waals surface area contributed by atoms with Crippen LogP contribution in [0.1, 0.15) is 5.56 Å². The minimum atomic E-state index is 0.628. The van der Waals surface area contributed by atoms with Crippen LogP contribution in [0.15, 0.2) is 54.7 Å². The molecule has 4 heteroatoms. The van der Waals surface area contributed by atoms with Gasteiger partial charge >= 0.3 is 0 Å². The lowest BCUT2D eigenvalue weighted by atomic mass is 10.1. The van der Waals surface area contributed by atoms with Crippen molar-refractivity contribution >= 4 is 39.8 Å². The summed E-state index contributed by atoms with van der Waals surface area (Å²) in [5, 5.41) is 5.71. The molecular formula is C16H12Cl2N2. The Morgan fingerprint density at radius 2 is 1.75 bits per heavy atom. The predicted molar refractivity (Wildman–Crippen MR) is 85.5 cm³/mol. The second-order valence-corrected chi connectivity index (χ2v) is 5.42. The molecule has 20 heavy (non-hydrogen) atoms. The SMILES string of the molecule is Clc1cc(Cl)cc(NCc2ccc3ncccc3c2)c1. The van der Waals surface area contributed by atoms with Crippen LogP contribution in [0.2, 0.25) is 10.0 Å². The topological polar surface area (TPSA) is 24.9 Å². The summed E-state index contributed by atoms with van der Waals surface area (Å²) in [5.74, 6) is 0. The summed E-state index contributed by atoms with van der Waals surface area (Å²) in [6.07, 6.45) is 1.80. The first-order valence-corrected chi connectivity index (χ1v) is 7.00. The Labute approximate surface area is 127 Å². The summed E-state index contributed by atoms with van der Waals surface area (Å²) in [5.41, 5.74) is 3.09. The summed E-state index contributed by atoms with van der Waals surface area (Å²) < 4.78 is 0. The van der Waals surface area contributed by atoms with Crippen LogP contribution in [-0.4, -0.2) is 4.98 Å². The zero-order valence-electron chi connectivity index (χ0n) is 10.6. The van der Waals surface area contributed by atoms with Crippen molar-refractivity contribution < 1.29 is 0 Å². The molecule has 100 valence electrons. The summed E-state index contributed by atoms with van der Waals surface area (Å²) in [6, 6.07) is 15.6. The molecule has 3 rings (SSSR count). The molecular weight excluding hydrogens is 291 g/mol. The van der Waals surface area contributed by atoms with Gasteiger partial charge in [-0.15, -0.1) is 0 Å². The van der Waals surface area contributed by atoms with E-state index in [1.54, 1.807) is 12.3 Å². The van der Waals surface area contributed by atoms with Crippen LogP contribution in [-0.2, 0) is 6.54 Å². The molecule has 1 heterocycles. The molecule has 0 saturated carbocycles. The normalized spacial score (nSPS) is 10.7. The molecule has 0 aliphatic carbocycles. The average molecular weight is 303 g/mol. The monoisotopic (exact) mass is 302 g/mol. The molecule has 2 nitrogen and oxygen atoms in total. The van der Waals surface area contributed by atoms with Gasteiger partial charge in [-0.3, -0.25) is 4.98 Å². The van der Waals surface area contributed by atoms with Crippen LogP contribution in [0.3, 0.4) is 0 Å². The highest BCUT2D eigenvalue weighted by atomic mass is 35.5. The van der Waals surface area contributed by atoms with Gasteiger partial charge in [-0.05, 0) is 42.0 Å². The lowest BCUT2D eigenvalue weighted by Crippen LogP contribution is -1.99. The van der Waals surface area contributed by atoms with E-state index in [-0.39, 0.29) is 0 Å². The molecule has 0 bridgehead atoms. The highest BCUT2D eigenvalue weighted by molar-refractivity contribution is 6.35. The Morgan fingerprint density at radius 3 is 2.55 bits per heavy atom. The molecule has 0 unspecified atom stereocenters. The minimum Gasteiger partial charge on any atom is -0.381 e. The number of hydrogen-bond acceptors (Lipinski definition) is 2. The van der Waals surface area contributed by atoms with Gasteiger partial charge in [0, 0.05) is 33.9 Å². The molecule has 0 saturated heterocycles. The van der Waals surface area contributed by atoms with E-state index in [0.717, 1.165) is 16.6 Å². The van der Waals surface area contributed by atoms with E-state index in [2.05, 4.69) is 28.5 Å². The first kappa shape index (κ1) is 13.2. The number of nitrogens with zero attached hydrogens (tertiary/aromatic N) is 1. The van der Waals surface area contributed by atoms with Gasteiger partial charge in [-0.25, -0.2) is 0 Å². The van der Waals surface area contributed by atoms with Gasteiger partial charge in [-0.1, -0.05) is 35.3 Å². The molecule has 0 fully saturated rings. The summed E-state index contributed by atoms with van der Waals surface area (Å²) >= 11 is 12.0. The third-order valence-electron chi connectivity index (χ3n) is 3.03. The fourth-order valence-corrected chi connectivity index (χ4v) is 2.62. The number of rotatable bonds is 3. The van der Waals surface area contributed by atoms with Crippen LogP contribution >= 0.6 is 23.2 Å². The van der Waals surface area contributed by atoms with Crippen LogP contribution in [0.25, 0.3) is 10.9 Å². The first-order chi connectivity index (χ1) is 9.70. The molecule has 0 aliphatic heterocycles. The van der Waals surface area contributed by atoms with Crippen LogP contribution in [0.4, 0.5) is 5.69 Å². The minimum absolute atomic E-state index is 0.628. The number of anilines is 1. The van der Waals surface area contributed by atoms with E-state index in [1.165, 1.54) is 5.56 Å². The van der Waals surface area contributed by atoms with Crippen molar-refractivity contribution in [1.29, 1.82) is 0 Å². The Kier molecular flexibility index (Phi) is 3.77. The fraction of sp³-hybridized carbons (Fsp3) is 0.0625. The lowest BCUT2D eigenvalue weighted by molar-refractivity contribution is 1.15. The van der Waals surface area contributed by atoms with Crippen LogP contribution in [0, 0.1) is 0 Å². The highest BCUT2D eigenvalue weighted by Gasteiger charge is 2.00. The molecule has 3 aromatic rings. The maximum Gasteiger partial charge on any atom is 0.0702 e. The number of pyridine rings is 1. The Hall–Kier alpha value is -1.77. The summed E-state index contributed by atoms with van der Waals surface area (Å²) in [4.78, 5) is 4.31. The number of fused-ring (bicyclic) bond motifs is 1. The van der Waals surface area contributed by atoms with Gasteiger partial charge in [0.25, 0.3) is 0 Å². The molecule has 1 N–H and O–H groups in total. The van der Waals surface area contributed by atoms with Gasteiger partial charge in [0.05, 0.1) is 5.52 Å². The first-order valence-electron chi connectivity index (χ1n) is 6.24. The van der Waals surface area contributed by atoms with E-state index in [1.807, 2.05) is 24.3 Å². The maximum atomic E-state index is 5.98. The second kappa shape index (κ2) is 5.70. The van der Waals surface area contributed by atoms with Crippen LogP contribution < -0.4 is 5.32 Å². The Bertz CT molecular complexity index is 736. The van der Waals surface area contributed by atoms with Gasteiger partial charge in [-0.2, -0.15) is 0 Å². The highest BCUT2D eigenvalue weighted by Crippen LogP contribution is 2.23. The predicted octanol–water partition coefficient (Wildman–Crippen LogP) is 5.15. The van der Waals surface area contributed by atoms with Crippen molar-refractivity contribution in [3.8, 4) is 0 Å². The standard InChI is InChI=1S/C16H12Cl2N2/c17-13-7-14(18)9-15(8-13)20-10-11-3-4-16-12(6-11)2-1-5-19-16/h1-9,20H,10H2. The quantitative estimate of drug-likeness (QED) is 0.723. The zero-order chi connectivity index (χ0) is 13.9. The van der Waals surface area contributed by atoms with Crippen LogP contribution in [0.5, 0.6) is 0 Å². The van der Waals surface area contributed by atoms with Crippen molar-refractivity contribution in [3.63, 3.8) is 0 Å². The Morgan fingerprint density at radius 1 is 0.950 bits per heavy atom. The van der Waals surface area contributed by atoms with E-state index in [9.17, 15) is 0 Å². The van der Waals surface area contributed by atoms with Gasteiger partial charge in [0.15, 0.2) is 0 Å². The molecule has 0 amide bonds. The molecule has 0 spiro atoms. The third kappa shape index (κ3) is 3.03. The van der Waals surface area contributed by atoms with Gasteiger partial charge in [0.1, 0.15) is 0 Å². The number of hydrogen-bond donors (Lipinski definition) is 1. The molecule has 1 aromatic heterocycles. The fourth-order valence-electron chi connectivity index (χ4n) is 2.10. The Balaban J connectivity index is 1.79. The zero-order valence-corrected chi connectivity index (χ0v) is 12.1. The number of nitrogens with one attached hydrogen (secondary N) is 1. The van der Waals surface area contributed by atoms with Crippen molar-refractivity contribution in [1.82, 2.24) is 4.98 Å². The average Bonchev–Trinajstić information content (AvgIpc) is 2.44. The number of benzene rings is 2. The smallest absolute Gasteiger partial charge is 0.0702 e. The van der Waals surface area contributed by atoms with Gasteiger partial charge < -0.3 is 5.32 Å². The largest absolute Gasteiger partial charge is 0.381 e. The summed E-state index contributed by atoms with van der Waals surface area (Å²) in [6.45, 7) is 0.710. The van der Waals surface area contributed by atoms with Crippen molar-refractivity contribution in [2.45, 2.75) is 6.54 Å². The lowest BCUT2D eigenvalue weighted by Gasteiger charge is -2.08. The summed E-state index contributed by atoms with van der Waals surface area (Å²) in [7, 11) is 0. The number of aromatic nitrogens is 1. The molecule has 0 radical (unpaired) electrons.